The van der Waals surface area contributed by atoms with Gasteiger partial charge in [-0.05, 0) is 108 Å². The van der Waals surface area contributed by atoms with Crippen molar-refractivity contribution in [1.82, 2.24) is 20.6 Å². The van der Waals surface area contributed by atoms with Crippen LogP contribution in [0, 0.1) is 15.2 Å². The maximum absolute atomic E-state index is 19.2. The number of benzene rings is 3. The van der Waals surface area contributed by atoms with Gasteiger partial charge in [-0.1, -0.05) is 182 Å². The predicted octanol–water partition coefficient (Wildman–Crippen LogP) is 17.9. The third kappa shape index (κ3) is 9.18. The molecule has 0 saturated carbocycles. The van der Waals surface area contributed by atoms with Crippen LogP contribution in [0.25, 0.3) is 44.3 Å². The van der Waals surface area contributed by atoms with Crippen molar-refractivity contribution in [2.75, 3.05) is 0 Å². The first-order valence-electron chi connectivity index (χ1n) is 24.8. The summed E-state index contributed by atoms with van der Waals surface area (Å²) in [6.45, 7) is 8.97. The van der Waals surface area contributed by atoms with E-state index in [1.165, 1.54) is 77.0 Å². The second-order valence-corrected chi connectivity index (χ2v) is 20.9. The highest BCUT2D eigenvalue weighted by Crippen LogP contribution is 2.65. The highest BCUT2D eigenvalue weighted by Gasteiger charge is 2.55. The molecule has 0 saturated heterocycles. The topological polar surface area (TPSA) is 77.8 Å². The molecule has 2 aromatic heterocycles. The van der Waals surface area contributed by atoms with E-state index in [-0.39, 0.29) is 11.6 Å². The van der Waals surface area contributed by atoms with Gasteiger partial charge in [0.05, 0.1) is 0 Å². The molecular formula is C52H70BrF2IN4O2. The molecule has 0 aliphatic heterocycles. The van der Waals surface area contributed by atoms with Gasteiger partial charge >= 0.3 is 0 Å². The van der Waals surface area contributed by atoms with Crippen LogP contribution in [0.1, 0.15) is 230 Å². The molecule has 0 amide bonds. The van der Waals surface area contributed by atoms with E-state index in [1.807, 2.05) is 0 Å². The van der Waals surface area contributed by atoms with Gasteiger partial charge in [0.1, 0.15) is 33.7 Å². The average molecular weight is 1030 g/mol. The van der Waals surface area contributed by atoms with Crippen LogP contribution in [0.2, 0.25) is 0 Å². The molecule has 7 rings (SSSR count). The Balaban J connectivity index is 1.47. The number of rotatable bonds is 28. The largest absolute Gasteiger partial charge is 0.243 e. The van der Waals surface area contributed by atoms with Gasteiger partial charge in [-0.15, -0.1) is 0 Å². The van der Waals surface area contributed by atoms with E-state index in [4.69, 9.17) is 9.26 Å². The molecule has 2 heterocycles. The van der Waals surface area contributed by atoms with Crippen LogP contribution in [0.15, 0.2) is 25.9 Å². The van der Waals surface area contributed by atoms with E-state index in [1.54, 1.807) is 0 Å². The van der Waals surface area contributed by atoms with E-state index < -0.39 is 10.8 Å². The van der Waals surface area contributed by atoms with Gasteiger partial charge in [-0.2, -0.15) is 0 Å². The summed E-state index contributed by atoms with van der Waals surface area (Å²) in [7, 11) is 0. The maximum atomic E-state index is 19.2. The van der Waals surface area contributed by atoms with E-state index in [0.717, 1.165) is 122 Å². The summed E-state index contributed by atoms with van der Waals surface area (Å²) in [5.41, 5.74) is 5.78. The number of fused-ring (bicyclic) bond motifs is 10. The molecule has 0 N–H and O–H groups in total. The number of nitrogens with zero attached hydrogens (tertiary/aromatic N) is 4. The van der Waals surface area contributed by atoms with Gasteiger partial charge in [0, 0.05) is 52.3 Å². The lowest BCUT2D eigenvalue weighted by atomic mass is 9.68. The average Bonchev–Trinajstić information content (AvgIpc) is 4.07. The summed E-state index contributed by atoms with van der Waals surface area (Å²) in [4.78, 5) is 0. The second-order valence-electron chi connectivity index (χ2n) is 18.8. The lowest BCUT2D eigenvalue weighted by Gasteiger charge is -2.35. The van der Waals surface area contributed by atoms with Gasteiger partial charge in [-0.25, -0.2) is 18.0 Å². The summed E-state index contributed by atoms with van der Waals surface area (Å²) in [5, 5.41) is 17.7. The maximum Gasteiger partial charge on any atom is 0.150 e. The fraction of sp³-hybridized carbons (Fsp3) is 0.654. The van der Waals surface area contributed by atoms with Crippen LogP contribution in [0.3, 0.4) is 0 Å². The fourth-order valence-electron chi connectivity index (χ4n) is 11.5. The van der Waals surface area contributed by atoms with E-state index in [2.05, 4.69) is 99.0 Å². The Hall–Kier alpha value is -2.47. The molecule has 62 heavy (non-hydrogen) atoms. The first-order valence-corrected chi connectivity index (χ1v) is 26.6. The number of hydrogen-bond donors (Lipinski definition) is 0. The Labute approximate surface area is 391 Å². The van der Waals surface area contributed by atoms with Crippen molar-refractivity contribution in [2.45, 2.75) is 218 Å². The minimum Gasteiger partial charge on any atom is -0.243 e. The number of unbranched alkanes of at least 4 members (excludes halogenated alkanes) is 20. The van der Waals surface area contributed by atoms with Crippen molar-refractivity contribution < 1.29 is 18.0 Å². The monoisotopic (exact) mass is 1030 g/mol. The van der Waals surface area contributed by atoms with Crippen LogP contribution in [-0.2, 0) is 10.8 Å². The summed E-state index contributed by atoms with van der Waals surface area (Å²) in [6, 6.07) is 4.28. The number of aromatic nitrogens is 4. The molecule has 0 spiro atoms. The van der Waals surface area contributed by atoms with E-state index in [0.29, 0.717) is 55.4 Å². The Morgan fingerprint density at radius 3 is 1.18 bits per heavy atom. The van der Waals surface area contributed by atoms with Crippen LogP contribution in [-0.4, -0.2) is 20.6 Å². The number of hydrogen-bond acceptors (Lipinski definition) is 6. The Morgan fingerprint density at radius 2 is 0.774 bits per heavy atom. The molecule has 5 aromatic rings. The van der Waals surface area contributed by atoms with Gasteiger partial charge in [0.15, 0.2) is 0 Å². The van der Waals surface area contributed by atoms with E-state index >= 15 is 8.78 Å². The Bertz CT molecular complexity index is 2080. The highest BCUT2D eigenvalue weighted by molar-refractivity contribution is 14.1. The highest BCUT2D eigenvalue weighted by atomic mass is 127. The zero-order chi connectivity index (χ0) is 43.7. The second kappa shape index (κ2) is 22.1. The molecule has 0 radical (unpaired) electrons. The summed E-state index contributed by atoms with van der Waals surface area (Å²) >= 11 is 6.16. The molecule has 2 aliphatic rings. The molecule has 0 fully saturated rings. The molecular weight excluding hydrogens is 957 g/mol. The number of halogens is 4. The smallest absolute Gasteiger partial charge is 0.150 e. The molecule has 6 nitrogen and oxygen atoms in total. The first-order chi connectivity index (χ1) is 30.3. The van der Waals surface area contributed by atoms with E-state index in [9.17, 15) is 0 Å². The normalized spacial score (nSPS) is 14.6. The van der Waals surface area contributed by atoms with Gasteiger partial charge < -0.3 is 0 Å². The van der Waals surface area contributed by atoms with Crippen molar-refractivity contribution in [3.63, 3.8) is 0 Å². The molecule has 0 bridgehead atoms. The minimum atomic E-state index is -0.760. The summed E-state index contributed by atoms with van der Waals surface area (Å²) in [6.07, 6.45) is 29.8. The third-order valence-electron chi connectivity index (χ3n) is 14.7. The standard InChI is InChI=1S/C52H70BrF2IN4O2/c1-5-9-13-17-21-25-29-51(30-26-22-18-14-10-6-2)35-33-37(53)47-49(59-61-57-47)39(35)41-43(51)46(55)42-40-36(34-38(56)48-50(40)60-62-58-48)52(44(42)45(41)54,31-27-23-19-15-11-7-3)32-28-24-20-16-12-8-4/h33-34H,5-32H2,1-4H3. The van der Waals surface area contributed by atoms with Crippen molar-refractivity contribution in [1.29, 1.82) is 0 Å². The lowest BCUT2D eigenvalue weighted by molar-refractivity contribution is 0.315. The zero-order valence-electron chi connectivity index (χ0n) is 38.1. The Kier molecular flexibility index (Phi) is 17.0. The van der Waals surface area contributed by atoms with Gasteiger partial charge in [0.25, 0.3) is 0 Å². The van der Waals surface area contributed by atoms with Crippen LogP contribution in [0.5, 0.6) is 0 Å². The zero-order valence-corrected chi connectivity index (χ0v) is 41.8. The molecule has 10 heteroatoms. The van der Waals surface area contributed by atoms with Crippen LogP contribution in [0.4, 0.5) is 8.78 Å². The van der Waals surface area contributed by atoms with Crippen molar-refractivity contribution in [3.05, 3.63) is 54.1 Å². The predicted molar refractivity (Wildman–Crippen MR) is 262 cm³/mol. The lowest BCUT2D eigenvalue weighted by Crippen LogP contribution is -2.29. The quantitative estimate of drug-likeness (QED) is 0.0367. The van der Waals surface area contributed by atoms with Crippen molar-refractivity contribution >= 4 is 60.6 Å². The molecule has 2 aliphatic carbocycles. The third-order valence-corrected chi connectivity index (χ3v) is 16.1. The molecule has 338 valence electrons. The van der Waals surface area contributed by atoms with Crippen LogP contribution >= 0.6 is 38.5 Å². The van der Waals surface area contributed by atoms with Crippen molar-refractivity contribution in [2.24, 2.45) is 0 Å². The Morgan fingerprint density at radius 1 is 0.452 bits per heavy atom. The SMILES string of the molecule is CCCCCCCCC1(CCCCCCCC)c2cc(Br)c3nonc3c2-c2c(F)c3c(c(F)c21)-c1c(cc(I)c2nonc12)C3(CCCCCCCC)CCCCCCCC. The molecule has 3 aromatic carbocycles. The van der Waals surface area contributed by atoms with Gasteiger partial charge in [0.2, 0.25) is 0 Å². The van der Waals surface area contributed by atoms with Crippen LogP contribution < -0.4 is 0 Å². The van der Waals surface area contributed by atoms with Gasteiger partial charge in [-0.3, -0.25) is 0 Å². The minimum absolute atomic E-state index is 0.301. The molecule has 0 unspecified atom stereocenters. The first kappa shape index (κ1) is 47.5. The summed E-state index contributed by atoms with van der Waals surface area (Å²) in [5.74, 6) is -0.602. The fourth-order valence-corrected chi connectivity index (χ4v) is 12.7. The molecule has 0 atom stereocenters. The van der Waals surface area contributed by atoms with Crippen molar-refractivity contribution in [3.8, 4) is 22.3 Å². The summed E-state index contributed by atoms with van der Waals surface area (Å²) < 4.78 is 50.9.